The Balaban J connectivity index is 0. The van der Waals surface area contributed by atoms with Crippen molar-refractivity contribution in [2.75, 3.05) is 14.2 Å². The summed E-state index contributed by atoms with van der Waals surface area (Å²) >= 11 is 0. The summed E-state index contributed by atoms with van der Waals surface area (Å²) in [5.74, 6) is -0.708. The van der Waals surface area contributed by atoms with Crippen LogP contribution in [0.25, 0.3) is 0 Å². The number of carboxylic acid groups (broad SMARTS) is 1. The summed E-state index contributed by atoms with van der Waals surface area (Å²) in [4.78, 5) is 36.6. The van der Waals surface area contributed by atoms with Crippen molar-refractivity contribution in [3.63, 3.8) is 0 Å². The summed E-state index contributed by atoms with van der Waals surface area (Å²) in [5.41, 5.74) is 0. The fraction of sp³-hybridized carbons (Fsp3) is 0.500. The van der Waals surface area contributed by atoms with Gasteiger partial charge in [0, 0.05) is 6.92 Å². The van der Waals surface area contributed by atoms with Gasteiger partial charge in [0.25, 0.3) is 0 Å². The number of ether oxygens (including phenoxy) is 2. The van der Waals surface area contributed by atoms with E-state index in [1.807, 2.05) is 0 Å². The normalized spacial score (nSPS) is 7.36. The zero-order valence-electron chi connectivity index (χ0n) is 7.80. The highest BCUT2D eigenvalue weighted by Gasteiger charge is 2.02. The van der Waals surface area contributed by atoms with Gasteiger partial charge in [-0.1, -0.05) is 0 Å². The van der Waals surface area contributed by atoms with Crippen molar-refractivity contribution in [3.8, 4) is 0 Å². The van der Waals surface area contributed by atoms with Gasteiger partial charge >= 0.3 is 18.3 Å². The fourth-order valence-electron chi connectivity index (χ4n) is 0.127. The zero-order chi connectivity index (χ0) is 11.6. The largest absolute Gasteiger partial charge is 0.549 e. The van der Waals surface area contributed by atoms with Crippen molar-refractivity contribution in [2.45, 2.75) is 6.92 Å². The van der Waals surface area contributed by atoms with Crippen LogP contribution in [-0.4, -0.2) is 37.6 Å². The van der Waals surface area contributed by atoms with Crippen LogP contribution in [0.2, 0.25) is 0 Å². The van der Waals surface area contributed by atoms with Crippen LogP contribution in [0.5, 0.6) is 0 Å². The molecule has 0 heterocycles. The van der Waals surface area contributed by atoms with Crippen LogP contribution in [0.3, 0.4) is 0 Å². The number of methoxy groups -OCH3 is 2. The summed E-state index contributed by atoms with van der Waals surface area (Å²) in [6.07, 6.45) is -2.30. The second-order valence-electron chi connectivity index (χ2n) is 1.58. The van der Waals surface area contributed by atoms with E-state index in [2.05, 4.69) is 19.2 Å². The minimum atomic E-state index is -1.25. The van der Waals surface area contributed by atoms with Crippen LogP contribution in [0.15, 0.2) is 0 Å². The minimum Gasteiger partial charge on any atom is -0.450 e. The first-order valence-corrected chi connectivity index (χ1v) is 3.14. The monoisotopic (exact) mass is 210 g/mol. The topological polar surface area (TPSA) is 108 Å². The molecule has 0 amide bonds. The number of hydrogen-bond acceptors (Lipinski definition) is 7. The second-order valence-corrected chi connectivity index (χ2v) is 1.58. The molecule has 0 bridgehead atoms. The maximum Gasteiger partial charge on any atom is 0.549 e. The van der Waals surface area contributed by atoms with Gasteiger partial charge in [0.15, 0.2) is 0 Å². The molecule has 0 unspecified atom stereocenters. The lowest BCUT2D eigenvalue weighted by molar-refractivity contribution is -0.239. The quantitative estimate of drug-likeness (QED) is 0.351. The minimum absolute atomic E-state index is 0.708. The lowest BCUT2D eigenvalue weighted by Gasteiger charge is -1.95. The van der Waals surface area contributed by atoms with Crippen molar-refractivity contribution >= 4 is 18.3 Å². The maximum absolute atomic E-state index is 9.99. The average Bonchev–Trinajstić information content (AvgIpc) is 2.14. The Hall–Kier alpha value is -1.99. The summed E-state index contributed by atoms with van der Waals surface area (Å²) in [6.45, 7) is 1.10. The van der Waals surface area contributed by atoms with Crippen molar-refractivity contribution in [1.82, 2.24) is 0 Å². The van der Waals surface area contributed by atoms with Gasteiger partial charge in [0.1, 0.15) is 0 Å². The van der Waals surface area contributed by atoms with Gasteiger partial charge in [-0.3, -0.25) is 0 Å². The van der Waals surface area contributed by atoms with Gasteiger partial charge in [-0.2, -0.15) is 4.79 Å². The van der Waals surface area contributed by atoms with Crippen LogP contribution in [0.1, 0.15) is 6.92 Å². The van der Waals surface area contributed by atoms with Crippen molar-refractivity contribution in [1.29, 1.82) is 0 Å². The van der Waals surface area contributed by atoms with Gasteiger partial charge in [-0.05, 0) is 0 Å². The molecule has 0 radical (unpaired) electrons. The molecule has 0 saturated carbocycles. The van der Waals surface area contributed by atoms with E-state index in [1.54, 1.807) is 0 Å². The smallest absolute Gasteiger partial charge is 0.450 e. The van der Waals surface area contributed by atoms with Crippen molar-refractivity contribution in [2.24, 2.45) is 0 Å². The van der Waals surface area contributed by atoms with Crippen LogP contribution >= 0.6 is 0 Å². The summed E-state index contributed by atoms with van der Waals surface area (Å²) in [6, 6.07) is 0. The standard InChI is InChI=1S/C4H6O5.C2H4O3/c1-3(5)8-9-4(6)7-2;1-5-2(3)4/h1-2H3;1H3,(H,3,4). The molecule has 0 aromatic heterocycles. The lowest BCUT2D eigenvalue weighted by Crippen LogP contribution is -2.07. The van der Waals surface area contributed by atoms with Gasteiger partial charge < -0.3 is 14.6 Å². The SMILES string of the molecule is COC(=O)O.COC(=O)OOC(C)=O. The highest BCUT2D eigenvalue weighted by Crippen LogP contribution is 1.83. The first-order chi connectivity index (χ1) is 6.43. The molecule has 0 spiro atoms. The molecular weight excluding hydrogens is 200 g/mol. The summed E-state index contributed by atoms with van der Waals surface area (Å²) < 4.78 is 7.63. The third-order valence-corrected chi connectivity index (χ3v) is 0.568. The molecular formula is C6H10O8. The second kappa shape index (κ2) is 9.10. The zero-order valence-corrected chi connectivity index (χ0v) is 7.80. The van der Waals surface area contributed by atoms with E-state index in [4.69, 9.17) is 9.90 Å². The molecule has 0 rings (SSSR count). The predicted octanol–water partition coefficient (Wildman–Crippen LogP) is 0.558. The van der Waals surface area contributed by atoms with Gasteiger partial charge in [0.2, 0.25) is 0 Å². The third kappa shape index (κ3) is 16.5. The molecule has 0 saturated heterocycles. The Morgan fingerprint density at radius 2 is 1.43 bits per heavy atom. The number of hydrogen-bond donors (Lipinski definition) is 1. The lowest BCUT2D eigenvalue weighted by atomic mass is 10.8. The van der Waals surface area contributed by atoms with E-state index >= 15 is 0 Å². The molecule has 8 nitrogen and oxygen atoms in total. The molecule has 0 aliphatic carbocycles. The fourth-order valence-corrected chi connectivity index (χ4v) is 0.127. The van der Waals surface area contributed by atoms with E-state index in [0.717, 1.165) is 21.1 Å². The van der Waals surface area contributed by atoms with Crippen LogP contribution in [0.4, 0.5) is 9.59 Å². The first-order valence-electron chi connectivity index (χ1n) is 3.14. The molecule has 8 heteroatoms. The van der Waals surface area contributed by atoms with Gasteiger partial charge in [-0.15, -0.1) is 0 Å². The van der Waals surface area contributed by atoms with Crippen LogP contribution in [-0.2, 0) is 24.0 Å². The number of carbonyl (C=O) groups excluding carboxylic acids is 2. The molecule has 82 valence electrons. The molecule has 14 heavy (non-hydrogen) atoms. The van der Waals surface area contributed by atoms with E-state index in [1.165, 1.54) is 0 Å². The molecule has 0 atom stereocenters. The van der Waals surface area contributed by atoms with Crippen molar-refractivity contribution in [3.05, 3.63) is 0 Å². The Kier molecular flexibility index (Phi) is 9.45. The Morgan fingerprint density at radius 1 is 1.00 bits per heavy atom. The van der Waals surface area contributed by atoms with Crippen LogP contribution in [0, 0.1) is 0 Å². The van der Waals surface area contributed by atoms with Gasteiger partial charge in [0.05, 0.1) is 14.2 Å². The van der Waals surface area contributed by atoms with E-state index in [-0.39, 0.29) is 0 Å². The molecule has 0 aromatic rings. The third-order valence-electron chi connectivity index (χ3n) is 0.568. The average molecular weight is 210 g/mol. The van der Waals surface area contributed by atoms with E-state index in [0.29, 0.717) is 0 Å². The predicted molar refractivity (Wildman–Crippen MR) is 40.3 cm³/mol. The summed E-state index contributed by atoms with van der Waals surface area (Å²) in [7, 11) is 2.20. The molecule has 0 aromatic carbocycles. The Morgan fingerprint density at radius 3 is 1.64 bits per heavy atom. The molecule has 0 fully saturated rings. The van der Waals surface area contributed by atoms with E-state index < -0.39 is 18.3 Å². The van der Waals surface area contributed by atoms with E-state index in [9.17, 15) is 9.59 Å². The number of rotatable bonds is 0. The van der Waals surface area contributed by atoms with Crippen LogP contribution < -0.4 is 0 Å². The van der Waals surface area contributed by atoms with Crippen molar-refractivity contribution < 1.29 is 38.7 Å². The maximum atomic E-state index is 9.99. The summed E-state index contributed by atoms with van der Waals surface area (Å²) in [5, 5.41) is 7.50. The molecule has 0 aliphatic heterocycles. The number of carbonyl (C=O) groups is 3. The Bertz CT molecular complexity index is 198. The molecule has 1 N–H and O–H groups in total. The first kappa shape index (κ1) is 14.5. The Labute approximate surface area is 79.2 Å². The molecule has 0 aliphatic rings. The highest BCUT2D eigenvalue weighted by molar-refractivity contribution is 5.67. The highest BCUT2D eigenvalue weighted by atomic mass is 17.2. The van der Waals surface area contributed by atoms with Gasteiger partial charge in [-0.25, -0.2) is 19.4 Å².